The summed E-state index contributed by atoms with van der Waals surface area (Å²) in [7, 11) is 0. The molecule has 1 aromatic carbocycles. The second-order valence-corrected chi connectivity index (χ2v) is 5.68. The Morgan fingerprint density at radius 1 is 1.35 bits per heavy atom. The van der Waals surface area contributed by atoms with Crippen molar-refractivity contribution < 1.29 is 9.90 Å². The van der Waals surface area contributed by atoms with E-state index in [4.69, 9.17) is 23.2 Å². The number of carboxylic acids is 1. The molecular weight excluding hydrogens is 301 g/mol. The van der Waals surface area contributed by atoms with Gasteiger partial charge in [-0.1, -0.05) is 28.4 Å². The Kier molecular flexibility index (Phi) is 3.18. The molecule has 2 aromatic rings. The van der Waals surface area contributed by atoms with Gasteiger partial charge in [-0.2, -0.15) is 0 Å². The first kappa shape index (κ1) is 13.4. The normalized spacial score (nSPS) is 14.6. The van der Waals surface area contributed by atoms with Gasteiger partial charge < -0.3 is 5.11 Å². The van der Waals surface area contributed by atoms with Gasteiger partial charge in [-0.3, -0.25) is 0 Å². The molecule has 1 fully saturated rings. The Morgan fingerprint density at radius 3 is 2.65 bits per heavy atom. The molecule has 0 atom stereocenters. The molecule has 0 spiro atoms. The molecule has 0 aliphatic heterocycles. The van der Waals surface area contributed by atoms with Crippen molar-refractivity contribution in [3.8, 4) is 5.69 Å². The molecule has 7 heteroatoms. The van der Waals surface area contributed by atoms with Crippen molar-refractivity contribution in [3.05, 3.63) is 39.1 Å². The minimum atomic E-state index is -1.08. The highest BCUT2D eigenvalue weighted by molar-refractivity contribution is 6.35. The van der Waals surface area contributed by atoms with Crippen LogP contribution in [0.25, 0.3) is 5.69 Å². The zero-order valence-electron chi connectivity index (χ0n) is 10.6. The molecule has 104 valence electrons. The summed E-state index contributed by atoms with van der Waals surface area (Å²) in [6.07, 6.45) is 1.87. The van der Waals surface area contributed by atoms with Crippen molar-refractivity contribution in [2.45, 2.75) is 25.7 Å². The SMILES string of the molecule is Cc1cc(Cl)c(-n2nnc(C(=O)O)c2C2CC2)cc1Cl. The van der Waals surface area contributed by atoms with Crippen LogP contribution in [0.5, 0.6) is 0 Å². The molecule has 1 aliphatic carbocycles. The monoisotopic (exact) mass is 311 g/mol. The predicted octanol–water partition coefficient (Wildman–Crippen LogP) is 3.46. The van der Waals surface area contributed by atoms with Crippen molar-refractivity contribution in [1.29, 1.82) is 0 Å². The summed E-state index contributed by atoms with van der Waals surface area (Å²) in [5, 5.41) is 17.9. The van der Waals surface area contributed by atoms with Gasteiger partial charge >= 0.3 is 5.97 Å². The molecule has 0 radical (unpaired) electrons. The minimum absolute atomic E-state index is 0.0136. The van der Waals surface area contributed by atoms with Crippen molar-refractivity contribution in [2.75, 3.05) is 0 Å². The van der Waals surface area contributed by atoms with Crippen LogP contribution in [-0.4, -0.2) is 26.1 Å². The quantitative estimate of drug-likeness (QED) is 0.942. The van der Waals surface area contributed by atoms with Gasteiger partial charge in [-0.25, -0.2) is 9.48 Å². The first-order valence-corrected chi connectivity index (χ1v) is 6.89. The molecule has 0 saturated heterocycles. The van der Waals surface area contributed by atoms with Crippen molar-refractivity contribution in [1.82, 2.24) is 15.0 Å². The number of rotatable bonds is 3. The van der Waals surface area contributed by atoms with Gasteiger partial charge in [0.15, 0.2) is 5.69 Å². The van der Waals surface area contributed by atoms with E-state index >= 15 is 0 Å². The highest BCUT2D eigenvalue weighted by Gasteiger charge is 2.34. The third-order valence-corrected chi connectivity index (χ3v) is 4.04. The minimum Gasteiger partial charge on any atom is -0.476 e. The van der Waals surface area contributed by atoms with E-state index in [1.807, 2.05) is 6.92 Å². The number of aromatic nitrogens is 3. The van der Waals surface area contributed by atoms with Crippen LogP contribution in [0, 0.1) is 6.92 Å². The third-order valence-electron chi connectivity index (χ3n) is 3.33. The fraction of sp³-hybridized carbons (Fsp3) is 0.308. The average Bonchev–Trinajstić information content (AvgIpc) is 3.12. The summed E-state index contributed by atoms with van der Waals surface area (Å²) in [5.74, 6) is -0.903. The molecule has 0 bridgehead atoms. The van der Waals surface area contributed by atoms with E-state index in [2.05, 4.69) is 10.3 Å². The van der Waals surface area contributed by atoms with Crippen LogP contribution < -0.4 is 0 Å². The Hall–Kier alpha value is -1.59. The zero-order valence-corrected chi connectivity index (χ0v) is 12.1. The molecule has 20 heavy (non-hydrogen) atoms. The number of carboxylic acid groups (broad SMARTS) is 1. The molecule has 1 aromatic heterocycles. The van der Waals surface area contributed by atoms with Gasteiger partial charge in [0.2, 0.25) is 0 Å². The fourth-order valence-electron chi connectivity index (χ4n) is 2.14. The molecule has 0 amide bonds. The van der Waals surface area contributed by atoms with E-state index in [1.165, 1.54) is 4.68 Å². The topological polar surface area (TPSA) is 68.0 Å². The first-order chi connectivity index (χ1) is 9.49. The average molecular weight is 312 g/mol. The largest absolute Gasteiger partial charge is 0.476 e. The van der Waals surface area contributed by atoms with Gasteiger partial charge in [-0.15, -0.1) is 5.10 Å². The van der Waals surface area contributed by atoms with Crippen LogP contribution in [0.15, 0.2) is 12.1 Å². The molecule has 3 rings (SSSR count). The predicted molar refractivity (Wildman–Crippen MR) is 75.1 cm³/mol. The molecule has 1 saturated carbocycles. The Labute approximate surface area is 125 Å². The second kappa shape index (κ2) is 4.75. The summed E-state index contributed by atoms with van der Waals surface area (Å²) in [6.45, 7) is 1.85. The van der Waals surface area contributed by atoms with Gasteiger partial charge in [0, 0.05) is 10.9 Å². The number of hydrogen-bond acceptors (Lipinski definition) is 3. The van der Waals surface area contributed by atoms with Crippen LogP contribution in [0.1, 0.15) is 40.5 Å². The zero-order chi connectivity index (χ0) is 14.4. The summed E-state index contributed by atoms with van der Waals surface area (Å²) >= 11 is 12.3. The van der Waals surface area contributed by atoms with Gasteiger partial charge in [0.25, 0.3) is 0 Å². The summed E-state index contributed by atoms with van der Waals surface area (Å²) in [4.78, 5) is 11.2. The van der Waals surface area contributed by atoms with E-state index < -0.39 is 5.97 Å². The maximum absolute atomic E-state index is 11.2. The fourth-order valence-corrected chi connectivity index (χ4v) is 2.60. The number of hydrogen-bond donors (Lipinski definition) is 1. The third kappa shape index (κ3) is 2.17. The number of aromatic carboxylic acids is 1. The summed E-state index contributed by atoms with van der Waals surface area (Å²) in [6, 6.07) is 3.42. The van der Waals surface area contributed by atoms with Crippen molar-refractivity contribution in [2.24, 2.45) is 0 Å². The van der Waals surface area contributed by atoms with Crippen LogP contribution in [0.3, 0.4) is 0 Å². The second-order valence-electron chi connectivity index (χ2n) is 4.87. The molecule has 0 unspecified atom stereocenters. The Bertz CT molecular complexity index is 708. The maximum Gasteiger partial charge on any atom is 0.358 e. The van der Waals surface area contributed by atoms with Crippen molar-refractivity contribution >= 4 is 29.2 Å². The van der Waals surface area contributed by atoms with E-state index in [0.29, 0.717) is 21.4 Å². The van der Waals surface area contributed by atoms with Crippen LogP contribution in [0.4, 0.5) is 0 Å². The first-order valence-electron chi connectivity index (χ1n) is 6.14. The van der Waals surface area contributed by atoms with Crippen LogP contribution in [-0.2, 0) is 0 Å². The van der Waals surface area contributed by atoms with Crippen LogP contribution >= 0.6 is 23.2 Å². The lowest BCUT2D eigenvalue weighted by atomic mass is 10.2. The van der Waals surface area contributed by atoms with Gasteiger partial charge in [0.05, 0.1) is 16.4 Å². The maximum atomic E-state index is 11.2. The molecular formula is C13H11Cl2N3O2. The number of nitrogens with zero attached hydrogens (tertiary/aromatic N) is 3. The molecule has 1 heterocycles. The standard InChI is InChI=1S/C13H11Cl2N3O2/c1-6-4-9(15)10(5-8(6)14)18-12(7-2-3-7)11(13(19)20)16-17-18/h4-5,7H,2-3H2,1H3,(H,19,20). The van der Waals surface area contributed by atoms with E-state index in [9.17, 15) is 9.90 Å². The lowest BCUT2D eigenvalue weighted by Gasteiger charge is -2.10. The van der Waals surface area contributed by atoms with Gasteiger partial charge in [-0.05, 0) is 37.5 Å². The smallest absolute Gasteiger partial charge is 0.358 e. The highest BCUT2D eigenvalue weighted by Crippen LogP contribution is 2.42. The molecule has 5 nitrogen and oxygen atoms in total. The lowest BCUT2D eigenvalue weighted by Crippen LogP contribution is -2.06. The highest BCUT2D eigenvalue weighted by atomic mass is 35.5. The van der Waals surface area contributed by atoms with E-state index in [1.54, 1.807) is 12.1 Å². The van der Waals surface area contributed by atoms with Gasteiger partial charge in [0.1, 0.15) is 0 Å². The molecule has 1 N–H and O–H groups in total. The number of carbonyl (C=O) groups is 1. The van der Waals surface area contributed by atoms with E-state index in [0.717, 1.165) is 18.4 Å². The summed E-state index contributed by atoms with van der Waals surface area (Å²) in [5.41, 5.74) is 2.00. The Balaban J connectivity index is 2.20. The molecule has 1 aliphatic rings. The van der Waals surface area contributed by atoms with Crippen molar-refractivity contribution in [3.63, 3.8) is 0 Å². The van der Waals surface area contributed by atoms with E-state index in [-0.39, 0.29) is 11.6 Å². The lowest BCUT2D eigenvalue weighted by molar-refractivity contribution is 0.0689. The number of halogens is 2. The van der Waals surface area contributed by atoms with Crippen LogP contribution in [0.2, 0.25) is 10.0 Å². The number of benzene rings is 1. The Morgan fingerprint density at radius 2 is 2.05 bits per heavy atom. The summed E-state index contributed by atoms with van der Waals surface area (Å²) < 4.78 is 1.49. The number of aryl methyl sites for hydroxylation is 1.